The molecular weight excluding hydrogens is 299 g/mol. The summed E-state index contributed by atoms with van der Waals surface area (Å²) in [5, 5.41) is 11.4. The number of carboxylic acid groups (broad SMARTS) is 1. The number of nitrogens with one attached hydrogen (secondary N) is 2. The number of H-pyrrole nitrogens is 1. The van der Waals surface area contributed by atoms with Gasteiger partial charge in [0.25, 0.3) is 5.91 Å². The Morgan fingerprint density at radius 3 is 2.67 bits per heavy atom. The van der Waals surface area contributed by atoms with Crippen LogP contribution in [0.15, 0.2) is 36.5 Å². The van der Waals surface area contributed by atoms with Crippen molar-refractivity contribution in [2.75, 3.05) is 5.32 Å². The second-order valence-electron chi connectivity index (χ2n) is 4.09. The smallest absolute Gasteiger partial charge is 0.328 e. The van der Waals surface area contributed by atoms with Crippen LogP contribution in [0.3, 0.4) is 0 Å². The molecule has 0 atom stereocenters. The Kier molecular flexibility index (Phi) is 4.39. The van der Waals surface area contributed by atoms with Crippen molar-refractivity contribution >= 4 is 35.2 Å². The molecule has 0 radical (unpaired) electrons. The Balaban J connectivity index is 2.13. The number of anilines is 1. The molecule has 7 heteroatoms. The number of amides is 1. The molecule has 108 valence electrons. The van der Waals surface area contributed by atoms with E-state index in [0.717, 1.165) is 18.2 Å². The topological polar surface area (TPSA) is 82.2 Å². The first kappa shape index (κ1) is 14.8. The van der Waals surface area contributed by atoms with E-state index < -0.39 is 17.7 Å². The minimum atomic E-state index is -1.17. The molecule has 1 amide bonds. The SMILES string of the molecule is O=C(O)C=Cc1ccc(NC(=O)c2cc(Cl)c[nH]2)cc1F. The van der Waals surface area contributed by atoms with Crippen LogP contribution in [-0.4, -0.2) is 22.0 Å². The first-order chi connectivity index (χ1) is 9.95. The minimum Gasteiger partial charge on any atom is -0.478 e. The molecule has 2 aromatic rings. The molecule has 0 saturated carbocycles. The Hall–Kier alpha value is -2.60. The summed E-state index contributed by atoms with van der Waals surface area (Å²) in [6.07, 6.45) is 3.42. The van der Waals surface area contributed by atoms with Gasteiger partial charge in [0.05, 0.1) is 5.02 Å². The van der Waals surface area contributed by atoms with Crippen LogP contribution in [-0.2, 0) is 4.79 Å². The van der Waals surface area contributed by atoms with Gasteiger partial charge in [-0.2, -0.15) is 0 Å². The fraction of sp³-hybridized carbons (Fsp3) is 0. The molecule has 0 saturated heterocycles. The van der Waals surface area contributed by atoms with E-state index in [1.165, 1.54) is 24.4 Å². The average Bonchev–Trinajstić information content (AvgIpc) is 2.84. The number of aromatic nitrogens is 1. The fourth-order valence-corrected chi connectivity index (χ4v) is 1.76. The lowest BCUT2D eigenvalue weighted by Crippen LogP contribution is -2.12. The van der Waals surface area contributed by atoms with Gasteiger partial charge in [0, 0.05) is 23.5 Å². The zero-order valence-electron chi connectivity index (χ0n) is 10.6. The molecule has 0 aliphatic carbocycles. The van der Waals surface area contributed by atoms with Gasteiger partial charge >= 0.3 is 5.97 Å². The van der Waals surface area contributed by atoms with Gasteiger partial charge in [0.2, 0.25) is 0 Å². The zero-order valence-corrected chi connectivity index (χ0v) is 11.3. The number of aromatic amines is 1. The predicted octanol–water partition coefficient (Wildman–Crippen LogP) is 3.16. The van der Waals surface area contributed by atoms with E-state index in [1.54, 1.807) is 0 Å². The van der Waals surface area contributed by atoms with Gasteiger partial charge in [-0.3, -0.25) is 4.79 Å². The lowest BCUT2D eigenvalue weighted by atomic mass is 10.1. The lowest BCUT2D eigenvalue weighted by Gasteiger charge is -2.05. The minimum absolute atomic E-state index is 0.110. The van der Waals surface area contributed by atoms with Crippen LogP contribution in [0.1, 0.15) is 16.1 Å². The summed E-state index contributed by atoms with van der Waals surface area (Å²) in [5.74, 6) is -2.28. The van der Waals surface area contributed by atoms with Crippen molar-refractivity contribution < 1.29 is 19.1 Å². The van der Waals surface area contributed by atoms with Gasteiger partial charge in [-0.05, 0) is 30.3 Å². The number of carboxylic acids is 1. The highest BCUT2D eigenvalue weighted by molar-refractivity contribution is 6.31. The molecule has 0 aliphatic rings. The number of aliphatic carboxylic acids is 1. The van der Waals surface area contributed by atoms with E-state index in [1.807, 2.05) is 0 Å². The highest BCUT2D eigenvalue weighted by Gasteiger charge is 2.09. The Morgan fingerprint density at radius 2 is 2.10 bits per heavy atom. The van der Waals surface area contributed by atoms with Crippen LogP contribution in [0.5, 0.6) is 0 Å². The van der Waals surface area contributed by atoms with E-state index in [2.05, 4.69) is 10.3 Å². The number of carbonyl (C=O) groups excluding carboxylic acids is 1. The fourth-order valence-electron chi connectivity index (χ4n) is 1.60. The van der Waals surface area contributed by atoms with Crippen LogP contribution in [0, 0.1) is 5.82 Å². The molecule has 1 heterocycles. The van der Waals surface area contributed by atoms with Crippen molar-refractivity contribution in [3.8, 4) is 0 Å². The second kappa shape index (κ2) is 6.23. The van der Waals surface area contributed by atoms with Crippen molar-refractivity contribution in [1.29, 1.82) is 0 Å². The number of benzene rings is 1. The number of halogens is 2. The first-order valence-electron chi connectivity index (χ1n) is 5.81. The highest BCUT2D eigenvalue weighted by atomic mass is 35.5. The summed E-state index contributed by atoms with van der Waals surface area (Å²) in [7, 11) is 0. The molecule has 3 N–H and O–H groups in total. The van der Waals surface area contributed by atoms with Gasteiger partial charge in [-0.1, -0.05) is 11.6 Å². The van der Waals surface area contributed by atoms with Gasteiger partial charge in [-0.15, -0.1) is 0 Å². The number of hydrogen-bond acceptors (Lipinski definition) is 2. The summed E-state index contributed by atoms with van der Waals surface area (Å²) in [6.45, 7) is 0. The third kappa shape index (κ3) is 3.93. The largest absolute Gasteiger partial charge is 0.478 e. The van der Waals surface area contributed by atoms with Crippen LogP contribution < -0.4 is 5.32 Å². The van der Waals surface area contributed by atoms with Crippen molar-refractivity contribution in [1.82, 2.24) is 4.98 Å². The molecule has 1 aromatic heterocycles. The maximum absolute atomic E-state index is 13.7. The Bertz CT molecular complexity index is 725. The first-order valence-corrected chi connectivity index (χ1v) is 6.19. The second-order valence-corrected chi connectivity index (χ2v) is 4.53. The number of carbonyl (C=O) groups is 2. The maximum atomic E-state index is 13.7. The van der Waals surface area contributed by atoms with Crippen LogP contribution in [0.25, 0.3) is 6.08 Å². The molecule has 1 aromatic carbocycles. The molecule has 5 nitrogen and oxygen atoms in total. The molecule has 0 spiro atoms. The monoisotopic (exact) mass is 308 g/mol. The van der Waals surface area contributed by atoms with Gasteiger partial charge in [0.15, 0.2) is 0 Å². The molecule has 0 unspecified atom stereocenters. The predicted molar refractivity (Wildman–Crippen MR) is 76.8 cm³/mol. The third-order valence-corrected chi connectivity index (χ3v) is 2.77. The van der Waals surface area contributed by atoms with Gasteiger partial charge < -0.3 is 15.4 Å². The molecule has 0 aliphatic heterocycles. The van der Waals surface area contributed by atoms with E-state index in [-0.39, 0.29) is 16.9 Å². The standard InChI is InChI=1S/C14H10ClFN2O3/c15-9-5-12(17-7-9)14(21)18-10-3-1-8(11(16)6-10)2-4-13(19)20/h1-7,17H,(H,18,21)(H,19,20). The van der Waals surface area contributed by atoms with Gasteiger partial charge in [-0.25, -0.2) is 9.18 Å². The summed E-state index contributed by atoms with van der Waals surface area (Å²) in [6, 6.07) is 5.38. The number of hydrogen-bond donors (Lipinski definition) is 3. The lowest BCUT2D eigenvalue weighted by molar-refractivity contribution is -0.131. The summed E-state index contributed by atoms with van der Waals surface area (Å²) in [5.41, 5.74) is 0.601. The molecule has 0 fully saturated rings. The molecule has 0 bridgehead atoms. The number of rotatable bonds is 4. The van der Waals surface area contributed by atoms with E-state index in [4.69, 9.17) is 16.7 Å². The average molecular weight is 309 g/mol. The highest BCUT2D eigenvalue weighted by Crippen LogP contribution is 2.17. The third-order valence-electron chi connectivity index (χ3n) is 2.56. The van der Waals surface area contributed by atoms with Crippen LogP contribution in [0.2, 0.25) is 5.02 Å². The van der Waals surface area contributed by atoms with Crippen molar-refractivity contribution in [3.63, 3.8) is 0 Å². The van der Waals surface area contributed by atoms with Crippen LogP contribution >= 0.6 is 11.6 Å². The quantitative estimate of drug-likeness (QED) is 0.759. The molecule has 21 heavy (non-hydrogen) atoms. The van der Waals surface area contributed by atoms with Crippen molar-refractivity contribution in [2.45, 2.75) is 0 Å². The van der Waals surface area contributed by atoms with Crippen molar-refractivity contribution in [3.05, 3.63) is 58.6 Å². The normalized spacial score (nSPS) is 10.8. The van der Waals surface area contributed by atoms with Crippen LogP contribution in [0.4, 0.5) is 10.1 Å². The maximum Gasteiger partial charge on any atom is 0.328 e. The summed E-state index contributed by atoms with van der Waals surface area (Å²) < 4.78 is 13.7. The summed E-state index contributed by atoms with van der Waals surface area (Å²) >= 11 is 5.69. The van der Waals surface area contributed by atoms with E-state index in [9.17, 15) is 14.0 Å². The van der Waals surface area contributed by atoms with Gasteiger partial charge in [0.1, 0.15) is 11.5 Å². The van der Waals surface area contributed by atoms with E-state index in [0.29, 0.717) is 5.02 Å². The van der Waals surface area contributed by atoms with E-state index >= 15 is 0 Å². The molecule has 2 rings (SSSR count). The summed E-state index contributed by atoms with van der Waals surface area (Å²) in [4.78, 5) is 24.9. The van der Waals surface area contributed by atoms with Crippen molar-refractivity contribution in [2.24, 2.45) is 0 Å². The Labute approximate surface area is 124 Å². The zero-order chi connectivity index (χ0) is 15.4. The Morgan fingerprint density at radius 1 is 1.33 bits per heavy atom. The molecular formula is C14H10ClFN2O3.